The zero-order valence-corrected chi connectivity index (χ0v) is 6.51. The zero-order valence-electron chi connectivity index (χ0n) is 6.51. The van der Waals surface area contributed by atoms with Crippen LogP contribution >= 0.6 is 0 Å². The molecule has 1 rings (SSSR count). The van der Waals surface area contributed by atoms with E-state index in [1.165, 1.54) is 19.3 Å². The van der Waals surface area contributed by atoms with Crippen LogP contribution in [0.5, 0.6) is 0 Å². The second-order valence-electron chi connectivity index (χ2n) is 2.94. The van der Waals surface area contributed by atoms with Gasteiger partial charge in [-0.05, 0) is 25.7 Å². The van der Waals surface area contributed by atoms with Gasteiger partial charge in [-0.25, -0.2) is 0 Å². The molecule has 2 heteroatoms. The first kappa shape index (κ1) is 7.58. The van der Waals surface area contributed by atoms with Crippen LogP contribution in [0, 0.1) is 5.92 Å². The summed E-state index contributed by atoms with van der Waals surface area (Å²) in [4.78, 5) is 0. The fraction of sp³-hybridized carbons (Fsp3) is 0.875. The predicted octanol–water partition coefficient (Wildman–Crippen LogP) is 2.42. The lowest BCUT2D eigenvalue weighted by atomic mass is 9.86. The van der Waals surface area contributed by atoms with Gasteiger partial charge in [0.05, 0.1) is 5.71 Å². The number of nitrogens with zero attached hydrogens (tertiary/aromatic N) is 1. The number of hydrogen-bond acceptors (Lipinski definition) is 2. The molecule has 0 heterocycles. The van der Waals surface area contributed by atoms with Crippen molar-refractivity contribution in [3.8, 4) is 0 Å². The van der Waals surface area contributed by atoms with Crippen molar-refractivity contribution in [2.75, 3.05) is 0 Å². The van der Waals surface area contributed by atoms with E-state index in [-0.39, 0.29) is 0 Å². The van der Waals surface area contributed by atoms with E-state index in [2.05, 4.69) is 12.1 Å². The van der Waals surface area contributed by atoms with Crippen LogP contribution in [0.3, 0.4) is 0 Å². The van der Waals surface area contributed by atoms with E-state index < -0.39 is 0 Å². The first-order valence-electron chi connectivity index (χ1n) is 4.09. The predicted molar refractivity (Wildman–Crippen MR) is 41.5 cm³/mol. The minimum Gasteiger partial charge on any atom is -0.411 e. The van der Waals surface area contributed by atoms with Gasteiger partial charge in [0.2, 0.25) is 0 Å². The topological polar surface area (TPSA) is 32.6 Å². The van der Waals surface area contributed by atoms with Crippen molar-refractivity contribution in [3.05, 3.63) is 0 Å². The van der Waals surface area contributed by atoms with Crippen LogP contribution in [0.15, 0.2) is 5.16 Å². The van der Waals surface area contributed by atoms with E-state index >= 15 is 0 Å². The molecule has 58 valence electrons. The smallest absolute Gasteiger partial charge is 0.0601 e. The van der Waals surface area contributed by atoms with E-state index in [0.717, 1.165) is 18.6 Å². The number of rotatable bonds is 1. The van der Waals surface area contributed by atoms with Crippen LogP contribution in [0.4, 0.5) is 0 Å². The lowest BCUT2D eigenvalue weighted by molar-refractivity contribution is 0.308. The van der Waals surface area contributed by atoms with Gasteiger partial charge in [0.15, 0.2) is 0 Å². The van der Waals surface area contributed by atoms with Crippen LogP contribution < -0.4 is 0 Å². The van der Waals surface area contributed by atoms with E-state index in [1.807, 2.05) is 0 Å². The Labute approximate surface area is 61.9 Å². The Morgan fingerprint density at radius 1 is 1.60 bits per heavy atom. The van der Waals surface area contributed by atoms with Crippen LogP contribution in [-0.4, -0.2) is 10.9 Å². The Kier molecular flexibility index (Phi) is 2.72. The summed E-state index contributed by atoms with van der Waals surface area (Å²) in [6, 6.07) is 0. The van der Waals surface area contributed by atoms with E-state index in [0.29, 0.717) is 5.92 Å². The molecule has 0 aromatic carbocycles. The van der Waals surface area contributed by atoms with Crippen LogP contribution in [0.2, 0.25) is 0 Å². The van der Waals surface area contributed by atoms with Crippen molar-refractivity contribution in [1.82, 2.24) is 0 Å². The maximum atomic E-state index is 8.58. The Bertz CT molecular complexity index is 131. The van der Waals surface area contributed by atoms with Gasteiger partial charge in [0.1, 0.15) is 0 Å². The number of oxime groups is 1. The summed E-state index contributed by atoms with van der Waals surface area (Å²) in [5, 5.41) is 11.9. The van der Waals surface area contributed by atoms with Gasteiger partial charge in [0.25, 0.3) is 0 Å². The lowest BCUT2D eigenvalue weighted by Gasteiger charge is -2.20. The summed E-state index contributed by atoms with van der Waals surface area (Å²) >= 11 is 0. The molecule has 0 amide bonds. The molecule has 0 spiro atoms. The second kappa shape index (κ2) is 3.59. The SMILES string of the molecule is CCC1CCCCC1=NO. The summed E-state index contributed by atoms with van der Waals surface area (Å²) in [6.45, 7) is 2.15. The Balaban J connectivity index is 2.50. The average molecular weight is 141 g/mol. The summed E-state index contributed by atoms with van der Waals surface area (Å²) < 4.78 is 0. The highest BCUT2D eigenvalue weighted by Crippen LogP contribution is 2.23. The zero-order chi connectivity index (χ0) is 7.40. The average Bonchev–Trinajstić information content (AvgIpc) is 2.04. The minimum atomic E-state index is 0.568. The Morgan fingerprint density at radius 3 is 2.90 bits per heavy atom. The van der Waals surface area contributed by atoms with Crippen LogP contribution in [0.1, 0.15) is 39.0 Å². The molecule has 0 saturated heterocycles. The third kappa shape index (κ3) is 1.49. The first-order chi connectivity index (χ1) is 4.88. The van der Waals surface area contributed by atoms with Crippen molar-refractivity contribution in [3.63, 3.8) is 0 Å². The molecule has 1 saturated carbocycles. The van der Waals surface area contributed by atoms with Crippen molar-refractivity contribution >= 4 is 5.71 Å². The largest absolute Gasteiger partial charge is 0.411 e. The highest BCUT2D eigenvalue weighted by atomic mass is 16.4. The van der Waals surface area contributed by atoms with Gasteiger partial charge in [-0.15, -0.1) is 0 Å². The fourth-order valence-corrected chi connectivity index (χ4v) is 1.64. The van der Waals surface area contributed by atoms with E-state index in [1.54, 1.807) is 0 Å². The Hall–Kier alpha value is -0.530. The molecule has 2 nitrogen and oxygen atoms in total. The highest BCUT2D eigenvalue weighted by molar-refractivity contribution is 5.86. The lowest BCUT2D eigenvalue weighted by Crippen LogP contribution is -2.18. The quantitative estimate of drug-likeness (QED) is 0.441. The van der Waals surface area contributed by atoms with Gasteiger partial charge in [0, 0.05) is 5.92 Å². The minimum absolute atomic E-state index is 0.568. The molecule has 10 heavy (non-hydrogen) atoms. The summed E-state index contributed by atoms with van der Waals surface area (Å²) in [7, 11) is 0. The van der Waals surface area contributed by atoms with Crippen molar-refractivity contribution in [2.24, 2.45) is 11.1 Å². The molecule has 1 aliphatic rings. The number of hydrogen-bond donors (Lipinski definition) is 1. The van der Waals surface area contributed by atoms with Gasteiger partial charge in [-0.1, -0.05) is 18.5 Å². The maximum absolute atomic E-state index is 8.58. The molecule has 1 fully saturated rings. The fourth-order valence-electron chi connectivity index (χ4n) is 1.64. The molecule has 1 atom stereocenters. The molecule has 1 N–H and O–H groups in total. The van der Waals surface area contributed by atoms with E-state index in [4.69, 9.17) is 5.21 Å². The van der Waals surface area contributed by atoms with Gasteiger partial charge >= 0.3 is 0 Å². The first-order valence-corrected chi connectivity index (χ1v) is 4.09. The molecule has 1 aliphatic carbocycles. The summed E-state index contributed by atoms with van der Waals surface area (Å²) in [5.41, 5.74) is 1.02. The van der Waals surface area contributed by atoms with Crippen molar-refractivity contribution in [1.29, 1.82) is 0 Å². The van der Waals surface area contributed by atoms with Crippen LogP contribution in [0.25, 0.3) is 0 Å². The van der Waals surface area contributed by atoms with Crippen LogP contribution in [-0.2, 0) is 0 Å². The van der Waals surface area contributed by atoms with Gasteiger partial charge in [-0.2, -0.15) is 0 Å². The van der Waals surface area contributed by atoms with E-state index in [9.17, 15) is 0 Å². The molecule has 0 aliphatic heterocycles. The standard InChI is InChI=1S/C8H15NO/c1-2-7-5-3-4-6-8(7)9-10/h7,10H,2-6H2,1H3. The Morgan fingerprint density at radius 2 is 2.40 bits per heavy atom. The molecular weight excluding hydrogens is 126 g/mol. The van der Waals surface area contributed by atoms with Crippen molar-refractivity contribution < 1.29 is 5.21 Å². The highest BCUT2D eigenvalue weighted by Gasteiger charge is 2.18. The third-order valence-electron chi connectivity index (χ3n) is 2.33. The van der Waals surface area contributed by atoms with Gasteiger partial charge < -0.3 is 5.21 Å². The van der Waals surface area contributed by atoms with Gasteiger partial charge in [-0.3, -0.25) is 0 Å². The molecule has 0 aromatic rings. The summed E-state index contributed by atoms with van der Waals surface area (Å²) in [6.07, 6.45) is 5.86. The maximum Gasteiger partial charge on any atom is 0.0601 e. The molecule has 1 unspecified atom stereocenters. The third-order valence-corrected chi connectivity index (χ3v) is 2.33. The molecule has 0 radical (unpaired) electrons. The normalized spacial score (nSPS) is 30.9. The monoisotopic (exact) mass is 141 g/mol. The molecule has 0 aromatic heterocycles. The summed E-state index contributed by atoms with van der Waals surface area (Å²) in [5.74, 6) is 0.568. The second-order valence-corrected chi connectivity index (χ2v) is 2.94. The molecular formula is C8H15NO. The van der Waals surface area contributed by atoms with Crippen molar-refractivity contribution in [2.45, 2.75) is 39.0 Å². The molecule has 0 bridgehead atoms.